The first-order chi connectivity index (χ1) is 21.8. The zero-order valence-corrected chi connectivity index (χ0v) is 30.7. The Morgan fingerprint density at radius 1 is 0.957 bits per heavy atom. The molecule has 0 aromatic heterocycles. The van der Waals surface area contributed by atoms with E-state index in [1.165, 1.54) is 0 Å². The summed E-state index contributed by atoms with van der Waals surface area (Å²) in [5.41, 5.74) is 0.913. The van der Waals surface area contributed by atoms with Crippen LogP contribution in [0.15, 0.2) is 42.5 Å². The monoisotopic (exact) mass is 712 g/mol. The minimum atomic E-state index is -3.67. The van der Waals surface area contributed by atoms with Crippen molar-refractivity contribution in [3.63, 3.8) is 0 Å². The predicted molar refractivity (Wildman–Crippen MR) is 185 cm³/mol. The number of hydrogen-bond acceptors (Lipinski definition) is 8. The Morgan fingerprint density at radius 3 is 2.13 bits per heavy atom. The third-order valence-corrected chi connectivity index (χ3v) is 11.5. The van der Waals surface area contributed by atoms with Gasteiger partial charge in [-0.2, -0.15) is 0 Å². The Bertz CT molecular complexity index is 1460. The molecule has 0 radical (unpaired) electrons. The molecule has 10 nitrogen and oxygen atoms in total. The molecule has 2 unspecified atom stereocenters. The van der Waals surface area contributed by atoms with Gasteiger partial charge in [0.2, 0.25) is 7.37 Å². The number of nitrogens with zero attached hydrogens (tertiary/aromatic N) is 2. The lowest BCUT2D eigenvalue weighted by Gasteiger charge is -2.45. The van der Waals surface area contributed by atoms with Crippen LogP contribution in [-0.2, 0) is 29.9 Å². The standard InChI is InChI=1S/C34H47Cl2N2O8P/c1-8-44-47(43)20-19-37(22-24-13-9-10-14-26(24)27-16-15-25(35)21-28(27)36)23-34(47,29(39)40)17-11-12-18-38(30(41)45-32(2,3)4)31(42)46-33(5,6)7/h9-10,13-16,21H,8,11-12,17-20,22-23H2,1-7H3,(H,39,40). The number of amides is 2. The van der Waals surface area contributed by atoms with E-state index in [9.17, 15) is 24.1 Å². The molecule has 2 atom stereocenters. The molecule has 0 spiro atoms. The molecular weight excluding hydrogens is 666 g/mol. The fourth-order valence-corrected chi connectivity index (χ4v) is 9.08. The summed E-state index contributed by atoms with van der Waals surface area (Å²) >= 11 is 12.7. The number of ether oxygens (including phenoxy) is 2. The van der Waals surface area contributed by atoms with Crippen LogP contribution in [0.3, 0.4) is 0 Å². The summed E-state index contributed by atoms with van der Waals surface area (Å²) in [7, 11) is -3.67. The largest absolute Gasteiger partial charge is 0.480 e. The van der Waals surface area contributed by atoms with E-state index in [0.717, 1.165) is 21.6 Å². The Labute approximate surface area is 288 Å². The molecule has 47 heavy (non-hydrogen) atoms. The number of carbonyl (C=O) groups is 3. The number of carbonyl (C=O) groups excluding carboxylic acids is 2. The minimum absolute atomic E-state index is 0.00978. The summed E-state index contributed by atoms with van der Waals surface area (Å²) in [5.74, 6) is -1.20. The van der Waals surface area contributed by atoms with Crippen molar-refractivity contribution in [3.05, 3.63) is 58.1 Å². The van der Waals surface area contributed by atoms with Crippen LogP contribution in [0.2, 0.25) is 10.0 Å². The summed E-state index contributed by atoms with van der Waals surface area (Å²) in [4.78, 5) is 41.9. The average Bonchev–Trinajstić information content (AvgIpc) is 2.93. The molecule has 0 saturated carbocycles. The van der Waals surface area contributed by atoms with E-state index < -0.39 is 41.9 Å². The van der Waals surface area contributed by atoms with Gasteiger partial charge in [0.1, 0.15) is 11.2 Å². The van der Waals surface area contributed by atoms with E-state index in [2.05, 4.69) is 0 Å². The summed E-state index contributed by atoms with van der Waals surface area (Å²) in [6.45, 7) is 12.6. The molecule has 260 valence electrons. The molecule has 2 aromatic carbocycles. The number of halogens is 2. The van der Waals surface area contributed by atoms with Crippen molar-refractivity contribution in [1.82, 2.24) is 9.80 Å². The lowest BCUT2D eigenvalue weighted by molar-refractivity contribution is -0.141. The third kappa shape index (κ3) is 10.2. The Balaban J connectivity index is 1.85. The molecule has 2 amide bonds. The number of hydrogen-bond donors (Lipinski definition) is 1. The molecule has 1 aliphatic rings. The van der Waals surface area contributed by atoms with Gasteiger partial charge in [-0.25, -0.2) is 14.5 Å². The predicted octanol–water partition coefficient (Wildman–Crippen LogP) is 8.96. The van der Waals surface area contributed by atoms with Gasteiger partial charge in [0.25, 0.3) is 0 Å². The van der Waals surface area contributed by atoms with Crippen LogP contribution in [0.5, 0.6) is 0 Å². The topological polar surface area (TPSA) is 123 Å². The van der Waals surface area contributed by atoms with Crippen LogP contribution in [0, 0.1) is 0 Å². The first-order valence-corrected chi connectivity index (χ1v) is 18.3. The first kappa shape index (κ1) is 38.8. The van der Waals surface area contributed by atoms with E-state index in [1.54, 1.807) is 60.6 Å². The minimum Gasteiger partial charge on any atom is -0.480 e. The molecule has 1 heterocycles. The Morgan fingerprint density at radius 2 is 1.57 bits per heavy atom. The van der Waals surface area contributed by atoms with Crippen LogP contribution in [0.1, 0.15) is 73.3 Å². The third-order valence-electron chi connectivity index (χ3n) is 7.67. The van der Waals surface area contributed by atoms with Crippen LogP contribution in [0.25, 0.3) is 11.1 Å². The quantitative estimate of drug-likeness (QED) is 0.180. The fraction of sp³-hybridized carbons (Fsp3) is 0.559. The van der Waals surface area contributed by atoms with Gasteiger partial charge in [-0.15, -0.1) is 0 Å². The maximum atomic E-state index is 14.3. The van der Waals surface area contributed by atoms with Gasteiger partial charge in [-0.05, 0) is 91.0 Å². The summed E-state index contributed by atoms with van der Waals surface area (Å²) in [5, 5.41) is 10.0. The molecule has 1 N–H and O–H groups in total. The van der Waals surface area contributed by atoms with Gasteiger partial charge in [-0.1, -0.05) is 53.5 Å². The van der Waals surface area contributed by atoms with Crippen LogP contribution < -0.4 is 0 Å². The fourth-order valence-electron chi connectivity index (χ4n) is 5.59. The second-order valence-electron chi connectivity index (χ2n) is 13.7. The van der Waals surface area contributed by atoms with Crippen molar-refractivity contribution in [3.8, 4) is 11.1 Å². The van der Waals surface area contributed by atoms with Gasteiger partial charge in [0, 0.05) is 47.9 Å². The number of carboxylic acids is 1. The molecule has 13 heteroatoms. The van der Waals surface area contributed by atoms with Crippen molar-refractivity contribution in [1.29, 1.82) is 0 Å². The van der Waals surface area contributed by atoms with Crippen LogP contribution >= 0.6 is 30.6 Å². The van der Waals surface area contributed by atoms with Crippen molar-refractivity contribution < 1.29 is 38.1 Å². The number of carboxylic acid groups (broad SMARTS) is 1. The number of rotatable bonds is 11. The highest BCUT2D eigenvalue weighted by Crippen LogP contribution is 2.63. The zero-order valence-electron chi connectivity index (χ0n) is 28.3. The molecule has 1 aliphatic heterocycles. The van der Waals surface area contributed by atoms with E-state index >= 15 is 0 Å². The maximum absolute atomic E-state index is 14.3. The van der Waals surface area contributed by atoms with Crippen molar-refractivity contribution in [2.45, 2.75) is 90.6 Å². The first-order valence-electron chi connectivity index (χ1n) is 15.8. The molecular formula is C34H47Cl2N2O8P. The van der Waals surface area contributed by atoms with E-state index in [-0.39, 0.29) is 45.1 Å². The summed E-state index contributed by atoms with van der Waals surface area (Å²) in [6, 6.07) is 13.0. The summed E-state index contributed by atoms with van der Waals surface area (Å²) < 4.78 is 31.0. The highest BCUT2D eigenvalue weighted by Gasteiger charge is 2.58. The van der Waals surface area contributed by atoms with E-state index in [0.29, 0.717) is 23.1 Å². The van der Waals surface area contributed by atoms with Crippen molar-refractivity contribution in [2.24, 2.45) is 0 Å². The Hall–Kier alpha value is -2.62. The molecule has 2 aromatic rings. The highest BCUT2D eigenvalue weighted by molar-refractivity contribution is 7.62. The average molecular weight is 714 g/mol. The zero-order chi connectivity index (χ0) is 35.2. The van der Waals surface area contributed by atoms with E-state index in [4.69, 9.17) is 37.2 Å². The van der Waals surface area contributed by atoms with Crippen LogP contribution in [-0.4, -0.2) is 81.8 Å². The number of benzene rings is 2. The normalized spacial score (nSPS) is 20.4. The van der Waals surface area contributed by atoms with Gasteiger partial charge in [0.05, 0.1) is 6.61 Å². The van der Waals surface area contributed by atoms with Crippen molar-refractivity contribution >= 4 is 48.7 Å². The second kappa shape index (κ2) is 15.7. The van der Waals surface area contributed by atoms with E-state index in [1.807, 2.05) is 35.2 Å². The smallest absolute Gasteiger partial charge is 0.419 e. The number of unbranched alkanes of at least 4 members (excludes halogenated alkanes) is 1. The lowest BCUT2D eigenvalue weighted by Crippen LogP contribution is -2.54. The molecule has 1 fully saturated rings. The lowest BCUT2D eigenvalue weighted by atomic mass is 9.97. The molecule has 1 saturated heterocycles. The Kier molecular flexibility index (Phi) is 13.0. The highest BCUT2D eigenvalue weighted by atomic mass is 35.5. The maximum Gasteiger partial charge on any atom is 0.419 e. The molecule has 0 aliphatic carbocycles. The molecule has 0 bridgehead atoms. The number of imide groups is 1. The van der Waals surface area contributed by atoms with Gasteiger partial charge >= 0.3 is 18.2 Å². The summed E-state index contributed by atoms with van der Waals surface area (Å²) in [6.07, 6.45) is -1.16. The van der Waals surface area contributed by atoms with Crippen LogP contribution in [0.4, 0.5) is 9.59 Å². The van der Waals surface area contributed by atoms with Gasteiger partial charge in [-0.3, -0.25) is 14.3 Å². The SMILES string of the molecule is CCOP1(=O)CCN(Cc2ccccc2-c2ccc(Cl)cc2Cl)CC1(CCCCN(C(=O)OC(C)(C)C)C(=O)OC(C)(C)C)C(=O)O. The van der Waals surface area contributed by atoms with Gasteiger partial charge in [0.15, 0.2) is 5.16 Å². The number of aliphatic carboxylic acids is 1. The molecule has 3 rings (SSSR count). The van der Waals surface area contributed by atoms with Crippen molar-refractivity contribution in [2.75, 3.05) is 32.4 Å². The van der Waals surface area contributed by atoms with Gasteiger partial charge < -0.3 is 19.1 Å². The second-order valence-corrected chi connectivity index (χ2v) is 17.5.